The van der Waals surface area contributed by atoms with E-state index >= 15 is 0 Å². The molecule has 0 saturated carbocycles. The predicted molar refractivity (Wildman–Crippen MR) is 95.3 cm³/mol. The van der Waals surface area contributed by atoms with Crippen molar-refractivity contribution in [1.29, 1.82) is 0 Å². The van der Waals surface area contributed by atoms with Crippen molar-refractivity contribution >= 4 is 28.2 Å². The van der Waals surface area contributed by atoms with E-state index in [1.54, 1.807) is 30.3 Å². The summed E-state index contributed by atoms with van der Waals surface area (Å²) in [7, 11) is 1.09. The van der Waals surface area contributed by atoms with Gasteiger partial charge in [0.15, 0.2) is 23.3 Å². The molecule has 1 N–H and O–H groups in total. The number of rotatable bonds is 4. The first kappa shape index (κ1) is 20.5. The third kappa shape index (κ3) is 3.58. The molecule has 0 spiro atoms. The van der Waals surface area contributed by atoms with Crippen LogP contribution < -0.4 is 5.32 Å². The van der Waals surface area contributed by atoms with E-state index in [9.17, 15) is 31.5 Å². The summed E-state index contributed by atoms with van der Waals surface area (Å²) in [5.41, 5.74) is -0.844. The summed E-state index contributed by atoms with van der Waals surface area (Å²) in [6.07, 6.45) is 0. The van der Waals surface area contributed by atoms with Crippen molar-refractivity contribution in [3.05, 3.63) is 75.9 Å². The number of ether oxygens (including phenoxy) is 1. The van der Waals surface area contributed by atoms with E-state index in [1.165, 1.54) is 5.38 Å². The minimum Gasteiger partial charge on any atom is -0.465 e. The van der Waals surface area contributed by atoms with Crippen LogP contribution in [0, 0.1) is 29.1 Å². The van der Waals surface area contributed by atoms with Crippen molar-refractivity contribution in [3.8, 4) is 11.1 Å². The Balaban J connectivity index is 2.07. The van der Waals surface area contributed by atoms with Gasteiger partial charge in [0.2, 0.25) is 5.82 Å². The Morgan fingerprint density at radius 2 is 1.41 bits per heavy atom. The van der Waals surface area contributed by atoms with E-state index in [1.807, 2.05) is 5.32 Å². The van der Waals surface area contributed by atoms with Crippen LogP contribution in [-0.4, -0.2) is 19.0 Å². The number of esters is 1. The van der Waals surface area contributed by atoms with Gasteiger partial charge in [0.25, 0.3) is 5.91 Å². The highest BCUT2D eigenvalue weighted by Crippen LogP contribution is 2.36. The molecule has 0 radical (unpaired) electrons. The average Bonchev–Trinajstić information content (AvgIpc) is 3.14. The fourth-order valence-electron chi connectivity index (χ4n) is 2.55. The molecule has 150 valence electrons. The molecule has 1 aromatic heterocycles. The zero-order valence-corrected chi connectivity index (χ0v) is 15.3. The predicted octanol–water partition coefficient (Wildman–Crippen LogP) is 5.15. The lowest BCUT2D eigenvalue weighted by Crippen LogP contribution is -2.20. The minimum absolute atomic E-state index is 0.124. The number of nitrogens with one attached hydrogen (secondary N) is 1. The van der Waals surface area contributed by atoms with Crippen molar-refractivity contribution in [2.24, 2.45) is 0 Å². The number of thiophene rings is 1. The minimum atomic E-state index is -2.38. The third-order valence-corrected chi connectivity index (χ3v) is 4.82. The summed E-state index contributed by atoms with van der Waals surface area (Å²) in [5, 5.41) is 3.34. The molecule has 0 bridgehead atoms. The van der Waals surface area contributed by atoms with E-state index < -0.39 is 46.5 Å². The maximum absolute atomic E-state index is 13.9. The molecule has 0 aliphatic carbocycles. The van der Waals surface area contributed by atoms with Crippen molar-refractivity contribution in [3.63, 3.8) is 0 Å². The van der Waals surface area contributed by atoms with Crippen LogP contribution in [0.3, 0.4) is 0 Å². The lowest BCUT2D eigenvalue weighted by molar-refractivity contribution is 0.0603. The fourth-order valence-corrected chi connectivity index (χ4v) is 3.51. The van der Waals surface area contributed by atoms with Crippen molar-refractivity contribution in [2.45, 2.75) is 0 Å². The average molecular weight is 427 g/mol. The largest absolute Gasteiger partial charge is 0.465 e. The first-order chi connectivity index (χ1) is 13.8. The summed E-state index contributed by atoms with van der Waals surface area (Å²) in [6, 6.07) is 8.47. The van der Waals surface area contributed by atoms with Gasteiger partial charge in [-0.3, -0.25) is 4.79 Å². The van der Waals surface area contributed by atoms with Gasteiger partial charge in [-0.25, -0.2) is 26.7 Å². The number of halogens is 5. The topological polar surface area (TPSA) is 55.4 Å². The summed E-state index contributed by atoms with van der Waals surface area (Å²) < 4.78 is 72.4. The van der Waals surface area contributed by atoms with Crippen LogP contribution in [0.15, 0.2) is 35.7 Å². The second-order valence-electron chi connectivity index (χ2n) is 5.61. The van der Waals surface area contributed by atoms with E-state index in [0.29, 0.717) is 11.1 Å². The van der Waals surface area contributed by atoms with E-state index in [4.69, 9.17) is 0 Å². The lowest BCUT2D eigenvalue weighted by atomic mass is 10.0. The molecular weight excluding hydrogens is 417 g/mol. The van der Waals surface area contributed by atoms with Gasteiger partial charge in [0.1, 0.15) is 16.1 Å². The molecule has 0 aliphatic heterocycles. The molecule has 3 rings (SSSR count). The van der Waals surface area contributed by atoms with Crippen molar-refractivity contribution in [2.75, 3.05) is 12.4 Å². The summed E-state index contributed by atoms with van der Waals surface area (Å²) >= 11 is 0.822. The van der Waals surface area contributed by atoms with E-state index in [2.05, 4.69) is 4.74 Å². The van der Waals surface area contributed by atoms with Gasteiger partial charge in [-0.2, -0.15) is 0 Å². The fraction of sp³-hybridized carbons (Fsp3) is 0.0526. The Hall–Kier alpha value is -3.27. The summed E-state index contributed by atoms with van der Waals surface area (Å²) in [4.78, 5) is 24.5. The number of amides is 1. The second-order valence-corrected chi connectivity index (χ2v) is 6.49. The first-order valence-corrected chi connectivity index (χ1v) is 8.73. The number of hydrogen-bond acceptors (Lipinski definition) is 4. The molecule has 2 aromatic carbocycles. The molecule has 10 heteroatoms. The Bertz CT molecular complexity index is 1090. The highest BCUT2D eigenvalue weighted by atomic mass is 32.1. The monoisotopic (exact) mass is 427 g/mol. The van der Waals surface area contributed by atoms with E-state index in [-0.39, 0.29) is 10.6 Å². The molecule has 4 nitrogen and oxygen atoms in total. The van der Waals surface area contributed by atoms with Gasteiger partial charge in [-0.1, -0.05) is 30.3 Å². The standard InChI is InChI=1S/C19H10F5NO3S/c1-28-19(27)10-9(8-5-3-2-4-6-8)7-29-18(10)25-17(26)11-12(20)14(22)16(24)15(23)13(11)21/h2-7H,1H3,(H,25,26). The van der Waals surface area contributed by atoms with Crippen LogP contribution >= 0.6 is 11.3 Å². The quantitative estimate of drug-likeness (QED) is 0.271. The molecule has 0 atom stereocenters. The maximum atomic E-state index is 13.9. The molecule has 1 amide bonds. The first-order valence-electron chi connectivity index (χ1n) is 7.85. The number of hydrogen-bond donors (Lipinski definition) is 1. The Kier molecular flexibility index (Phi) is 5.64. The molecule has 3 aromatic rings. The van der Waals surface area contributed by atoms with Crippen LogP contribution in [0.2, 0.25) is 0 Å². The Labute approximate surface area is 164 Å². The van der Waals surface area contributed by atoms with Gasteiger partial charge in [0, 0.05) is 10.9 Å². The van der Waals surface area contributed by atoms with Gasteiger partial charge < -0.3 is 10.1 Å². The van der Waals surface area contributed by atoms with Gasteiger partial charge in [0.05, 0.1) is 7.11 Å². The SMILES string of the molecule is COC(=O)c1c(-c2ccccc2)csc1NC(=O)c1c(F)c(F)c(F)c(F)c1F. The number of carbonyl (C=O) groups excluding carboxylic acids is 2. The van der Waals surface area contributed by atoms with Crippen molar-refractivity contribution in [1.82, 2.24) is 0 Å². The third-order valence-electron chi connectivity index (χ3n) is 3.93. The number of anilines is 1. The zero-order valence-electron chi connectivity index (χ0n) is 14.5. The molecule has 1 heterocycles. The number of methoxy groups -OCH3 is 1. The van der Waals surface area contributed by atoms with Crippen LogP contribution in [0.5, 0.6) is 0 Å². The molecular formula is C19H10F5NO3S. The van der Waals surface area contributed by atoms with Gasteiger partial charge >= 0.3 is 5.97 Å². The van der Waals surface area contributed by atoms with Crippen molar-refractivity contribution < 1.29 is 36.3 Å². The van der Waals surface area contributed by atoms with Gasteiger partial charge in [-0.15, -0.1) is 11.3 Å². The van der Waals surface area contributed by atoms with Crippen LogP contribution in [0.25, 0.3) is 11.1 Å². The smallest absolute Gasteiger partial charge is 0.341 e. The maximum Gasteiger partial charge on any atom is 0.341 e. The number of benzene rings is 2. The highest BCUT2D eigenvalue weighted by molar-refractivity contribution is 7.15. The Morgan fingerprint density at radius 3 is 1.97 bits per heavy atom. The highest BCUT2D eigenvalue weighted by Gasteiger charge is 2.31. The number of carbonyl (C=O) groups is 2. The van der Waals surface area contributed by atoms with E-state index in [0.717, 1.165) is 18.4 Å². The molecule has 0 aliphatic rings. The van der Waals surface area contributed by atoms with Crippen LogP contribution in [-0.2, 0) is 4.74 Å². The molecule has 0 fully saturated rings. The van der Waals surface area contributed by atoms with Crippen LogP contribution in [0.4, 0.5) is 27.0 Å². The van der Waals surface area contributed by atoms with Gasteiger partial charge in [-0.05, 0) is 5.56 Å². The summed E-state index contributed by atoms with van der Waals surface area (Å²) in [5.74, 6) is -13.9. The normalized spacial score (nSPS) is 10.7. The van der Waals surface area contributed by atoms with Crippen LogP contribution in [0.1, 0.15) is 20.7 Å². The lowest BCUT2D eigenvalue weighted by Gasteiger charge is -2.10. The Morgan fingerprint density at radius 1 is 0.862 bits per heavy atom. The second kappa shape index (κ2) is 8.00. The molecule has 0 unspecified atom stereocenters. The molecule has 29 heavy (non-hydrogen) atoms. The zero-order chi connectivity index (χ0) is 21.3. The summed E-state index contributed by atoms with van der Waals surface area (Å²) in [6.45, 7) is 0. The molecule has 0 saturated heterocycles.